The zero-order valence-electron chi connectivity index (χ0n) is 6.34. The molecule has 0 aromatic heterocycles. The SMILES string of the molecule is [NH3+][C@@H](c1ccccc1)P(=O)([O-])[O-]. The van der Waals surface area contributed by atoms with Gasteiger partial charge in [-0.1, -0.05) is 30.3 Å². The Bertz CT molecular complexity index is 295. The van der Waals surface area contributed by atoms with Gasteiger partial charge in [-0.15, -0.1) is 0 Å². The van der Waals surface area contributed by atoms with Crippen molar-refractivity contribution in [1.82, 2.24) is 0 Å². The molecule has 3 N–H and O–H groups in total. The smallest absolute Gasteiger partial charge is 0.135 e. The molecule has 0 aliphatic carbocycles. The summed E-state index contributed by atoms with van der Waals surface area (Å²) < 4.78 is 10.5. The van der Waals surface area contributed by atoms with Gasteiger partial charge in [0, 0.05) is 5.56 Å². The number of benzene rings is 1. The first-order valence-electron chi connectivity index (χ1n) is 3.41. The summed E-state index contributed by atoms with van der Waals surface area (Å²) in [6, 6.07) is 8.23. The summed E-state index contributed by atoms with van der Waals surface area (Å²) in [4.78, 5) is 21.1. The summed E-state index contributed by atoms with van der Waals surface area (Å²) in [5, 5.41) is 0. The van der Waals surface area contributed by atoms with Crippen LogP contribution in [0.4, 0.5) is 0 Å². The first-order valence-corrected chi connectivity index (χ1v) is 5.03. The van der Waals surface area contributed by atoms with Crippen molar-refractivity contribution >= 4 is 7.60 Å². The van der Waals surface area contributed by atoms with Crippen molar-refractivity contribution in [3.63, 3.8) is 0 Å². The second-order valence-corrected chi connectivity index (χ2v) is 4.17. The molecular weight excluding hydrogens is 177 g/mol. The van der Waals surface area contributed by atoms with E-state index in [1.165, 1.54) is 0 Å². The highest BCUT2D eigenvalue weighted by molar-refractivity contribution is 7.48. The lowest BCUT2D eigenvalue weighted by molar-refractivity contribution is -0.434. The maximum Gasteiger partial charge on any atom is 0.135 e. The van der Waals surface area contributed by atoms with Gasteiger partial charge in [0.2, 0.25) is 0 Å². The van der Waals surface area contributed by atoms with Crippen LogP contribution in [0.2, 0.25) is 0 Å². The Morgan fingerprint density at radius 1 is 1.25 bits per heavy atom. The van der Waals surface area contributed by atoms with Crippen LogP contribution in [-0.2, 0) is 4.57 Å². The van der Waals surface area contributed by atoms with E-state index in [0.29, 0.717) is 5.56 Å². The fourth-order valence-electron chi connectivity index (χ4n) is 0.858. The normalized spacial score (nSPS) is 14.2. The second kappa shape index (κ2) is 3.37. The molecule has 4 nitrogen and oxygen atoms in total. The molecule has 5 heteroatoms. The maximum atomic E-state index is 10.5. The fourth-order valence-corrected chi connectivity index (χ4v) is 1.40. The van der Waals surface area contributed by atoms with Crippen molar-refractivity contribution in [2.75, 3.05) is 0 Å². The van der Waals surface area contributed by atoms with Gasteiger partial charge in [-0.05, 0) is 7.60 Å². The molecule has 1 rings (SSSR count). The van der Waals surface area contributed by atoms with Crippen LogP contribution in [0.1, 0.15) is 11.3 Å². The highest BCUT2D eigenvalue weighted by atomic mass is 31.2. The van der Waals surface area contributed by atoms with Crippen molar-refractivity contribution in [1.29, 1.82) is 0 Å². The Morgan fingerprint density at radius 2 is 1.75 bits per heavy atom. The molecular formula is C7H9NO3P-. The van der Waals surface area contributed by atoms with Crippen LogP contribution in [0.15, 0.2) is 30.3 Å². The Balaban J connectivity index is 2.94. The minimum absolute atomic E-state index is 0.436. The molecule has 0 amide bonds. The minimum Gasteiger partial charge on any atom is -0.806 e. The van der Waals surface area contributed by atoms with Crippen LogP contribution in [0.5, 0.6) is 0 Å². The third-order valence-electron chi connectivity index (χ3n) is 1.57. The van der Waals surface area contributed by atoms with Crippen LogP contribution in [0, 0.1) is 0 Å². The molecule has 0 unspecified atom stereocenters. The molecule has 0 saturated carbocycles. The van der Waals surface area contributed by atoms with E-state index in [1.807, 2.05) is 0 Å². The molecule has 66 valence electrons. The fraction of sp³-hybridized carbons (Fsp3) is 0.143. The minimum atomic E-state index is -4.59. The van der Waals surface area contributed by atoms with Gasteiger partial charge < -0.3 is 20.1 Å². The van der Waals surface area contributed by atoms with E-state index in [9.17, 15) is 14.4 Å². The van der Waals surface area contributed by atoms with E-state index in [4.69, 9.17) is 0 Å². The van der Waals surface area contributed by atoms with Gasteiger partial charge in [-0.3, -0.25) is 0 Å². The van der Waals surface area contributed by atoms with Crippen molar-refractivity contribution in [3.05, 3.63) is 35.9 Å². The van der Waals surface area contributed by atoms with Gasteiger partial charge >= 0.3 is 0 Å². The van der Waals surface area contributed by atoms with E-state index in [0.717, 1.165) is 0 Å². The predicted octanol–water partition coefficient (Wildman–Crippen LogP) is -1.16. The topological polar surface area (TPSA) is 90.8 Å². The van der Waals surface area contributed by atoms with Crippen molar-refractivity contribution in [3.8, 4) is 0 Å². The van der Waals surface area contributed by atoms with Crippen molar-refractivity contribution < 1.29 is 20.1 Å². The lowest BCUT2D eigenvalue weighted by atomic mass is 10.2. The highest BCUT2D eigenvalue weighted by Gasteiger charge is 2.12. The summed E-state index contributed by atoms with van der Waals surface area (Å²) in [6.45, 7) is 0. The predicted molar refractivity (Wildman–Crippen MR) is 39.7 cm³/mol. The molecule has 0 bridgehead atoms. The van der Waals surface area contributed by atoms with E-state index < -0.39 is 13.4 Å². The van der Waals surface area contributed by atoms with Gasteiger partial charge in [0.15, 0.2) is 0 Å². The standard InChI is InChI=1S/C7H10NO3P/c8-7(12(9,10)11)6-4-2-1-3-5-6/h1-5,7H,8H2,(H2,9,10,11)/p-1/t7-/m1/s1. The summed E-state index contributed by atoms with van der Waals surface area (Å²) in [6.07, 6.45) is 0. The monoisotopic (exact) mass is 186 g/mol. The van der Waals surface area contributed by atoms with E-state index in [-0.39, 0.29) is 0 Å². The molecule has 0 radical (unpaired) electrons. The summed E-state index contributed by atoms with van der Waals surface area (Å²) >= 11 is 0. The molecule has 0 fully saturated rings. The van der Waals surface area contributed by atoms with Crippen molar-refractivity contribution in [2.45, 2.75) is 5.78 Å². The van der Waals surface area contributed by atoms with E-state index in [2.05, 4.69) is 5.73 Å². The largest absolute Gasteiger partial charge is 0.806 e. The molecule has 0 aliphatic heterocycles. The molecule has 0 aliphatic rings. The van der Waals surface area contributed by atoms with Gasteiger partial charge in [-0.2, -0.15) is 0 Å². The van der Waals surface area contributed by atoms with Crippen LogP contribution >= 0.6 is 7.60 Å². The Hall–Kier alpha value is -0.670. The zero-order valence-corrected chi connectivity index (χ0v) is 7.24. The average Bonchev–Trinajstić information content (AvgIpc) is 2.03. The van der Waals surface area contributed by atoms with Crippen LogP contribution in [0.25, 0.3) is 0 Å². The third-order valence-corrected chi connectivity index (χ3v) is 2.63. The van der Waals surface area contributed by atoms with Gasteiger partial charge in [0.05, 0.1) is 0 Å². The van der Waals surface area contributed by atoms with Crippen LogP contribution in [0.3, 0.4) is 0 Å². The Kier molecular flexibility index (Phi) is 2.65. The Labute approximate surface area is 70.2 Å². The molecule has 0 spiro atoms. The van der Waals surface area contributed by atoms with Gasteiger partial charge in [0.1, 0.15) is 5.78 Å². The lowest BCUT2D eigenvalue weighted by Crippen LogP contribution is -2.56. The third kappa shape index (κ3) is 2.16. The van der Waals surface area contributed by atoms with Gasteiger partial charge in [0.25, 0.3) is 0 Å². The Morgan fingerprint density at radius 3 is 2.17 bits per heavy atom. The molecule has 0 saturated heterocycles. The number of hydrogen-bond acceptors (Lipinski definition) is 3. The molecule has 1 atom stereocenters. The number of quaternary nitrogens is 1. The summed E-state index contributed by atoms with van der Waals surface area (Å²) in [5.74, 6) is -1.18. The first-order chi connectivity index (χ1) is 5.52. The van der Waals surface area contributed by atoms with Crippen LogP contribution in [-0.4, -0.2) is 0 Å². The second-order valence-electron chi connectivity index (χ2n) is 2.47. The van der Waals surface area contributed by atoms with Crippen LogP contribution < -0.4 is 15.5 Å². The zero-order chi connectivity index (χ0) is 9.19. The number of rotatable bonds is 2. The average molecular weight is 186 g/mol. The first kappa shape index (κ1) is 9.42. The molecule has 1 aromatic rings. The van der Waals surface area contributed by atoms with Gasteiger partial charge in [-0.25, -0.2) is 0 Å². The quantitative estimate of drug-likeness (QED) is 0.590. The summed E-state index contributed by atoms with van der Waals surface area (Å²) in [7, 11) is -4.59. The highest BCUT2D eigenvalue weighted by Crippen LogP contribution is 2.37. The maximum absolute atomic E-state index is 10.5. The van der Waals surface area contributed by atoms with Crippen molar-refractivity contribution in [2.24, 2.45) is 0 Å². The van der Waals surface area contributed by atoms with E-state index >= 15 is 0 Å². The van der Waals surface area contributed by atoms with E-state index in [1.54, 1.807) is 30.3 Å². The lowest BCUT2D eigenvalue weighted by Gasteiger charge is -2.32. The molecule has 1 aromatic carbocycles. The summed E-state index contributed by atoms with van der Waals surface area (Å²) in [5.41, 5.74) is 3.73. The number of hydrogen-bond donors (Lipinski definition) is 1. The molecule has 12 heavy (non-hydrogen) atoms. The molecule has 0 heterocycles.